The van der Waals surface area contributed by atoms with Gasteiger partial charge in [-0.25, -0.2) is 0 Å². The SMILES string of the molecule is CCCC(O)(CCC)CC(=O)N1CCC(N2CCCCC2=O)CC1. The van der Waals surface area contributed by atoms with Gasteiger partial charge in [-0.3, -0.25) is 9.59 Å². The zero-order valence-corrected chi connectivity index (χ0v) is 15.4. The van der Waals surface area contributed by atoms with Crippen molar-refractivity contribution in [3.8, 4) is 0 Å². The number of rotatable bonds is 7. The van der Waals surface area contributed by atoms with Gasteiger partial charge in [-0.1, -0.05) is 26.7 Å². The number of carbonyl (C=O) groups is 2. The maximum atomic E-state index is 12.6. The van der Waals surface area contributed by atoms with Crippen LogP contribution in [0, 0.1) is 0 Å². The van der Waals surface area contributed by atoms with Crippen LogP contribution in [0.25, 0.3) is 0 Å². The number of piperidine rings is 2. The zero-order chi connectivity index (χ0) is 17.6. The molecule has 0 aromatic rings. The number of hydrogen-bond donors (Lipinski definition) is 1. The standard InChI is InChI=1S/C19H34N2O3/c1-3-10-19(24,11-4-2)15-18(23)20-13-8-16(9-14-20)21-12-6-5-7-17(21)22/h16,24H,3-15H2,1-2H3. The number of amides is 2. The summed E-state index contributed by atoms with van der Waals surface area (Å²) in [6.45, 7) is 6.39. The molecule has 2 aliphatic rings. The molecule has 138 valence electrons. The van der Waals surface area contributed by atoms with Crippen molar-refractivity contribution in [2.75, 3.05) is 19.6 Å². The van der Waals surface area contributed by atoms with E-state index in [1.165, 1.54) is 0 Å². The monoisotopic (exact) mass is 338 g/mol. The second-order valence-corrected chi connectivity index (χ2v) is 7.56. The third-order valence-corrected chi connectivity index (χ3v) is 5.53. The highest BCUT2D eigenvalue weighted by molar-refractivity contribution is 5.78. The molecule has 0 atom stereocenters. The molecule has 0 saturated carbocycles. The third-order valence-electron chi connectivity index (χ3n) is 5.53. The van der Waals surface area contributed by atoms with Crippen LogP contribution in [0.15, 0.2) is 0 Å². The van der Waals surface area contributed by atoms with Crippen molar-refractivity contribution in [2.24, 2.45) is 0 Å². The molecule has 2 fully saturated rings. The number of nitrogens with zero attached hydrogens (tertiary/aromatic N) is 2. The zero-order valence-electron chi connectivity index (χ0n) is 15.4. The van der Waals surface area contributed by atoms with Crippen LogP contribution in [-0.2, 0) is 9.59 Å². The van der Waals surface area contributed by atoms with E-state index in [2.05, 4.69) is 0 Å². The molecule has 0 spiro atoms. The third kappa shape index (κ3) is 4.95. The van der Waals surface area contributed by atoms with Gasteiger partial charge < -0.3 is 14.9 Å². The van der Waals surface area contributed by atoms with E-state index in [9.17, 15) is 14.7 Å². The van der Waals surface area contributed by atoms with E-state index in [1.54, 1.807) is 0 Å². The lowest BCUT2D eigenvalue weighted by atomic mass is 9.88. The summed E-state index contributed by atoms with van der Waals surface area (Å²) >= 11 is 0. The Morgan fingerprint density at radius 1 is 1.12 bits per heavy atom. The van der Waals surface area contributed by atoms with Gasteiger partial charge in [0, 0.05) is 32.1 Å². The molecule has 0 radical (unpaired) electrons. The normalized spacial score (nSPS) is 20.5. The van der Waals surface area contributed by atoms with Crippen molar-refractivity contribution in [1.29, 1.82) is 0 Å². The highest BCUT2D eigenvalue weighted by Crippen LogP contribution is 2.27. The Morgan fingerprint density at radius 2 is 1.75 bits per heavy atom. The van der Waals surface area contributed by atoms with E-state index >= 15 is 0 Å². The minimum Gasteiger partial charge on any atom is -0.389 e. The lowest BCUT2D eigenvalue weighted by Gasteiger charge is -2.41. The van der Waals surface area contributed by atoms with Gasteiger partial charge in [-0.05, 0) is 38.5 Å². The number of aliphatic hydroxyl groups is 1. The second-order valence-electron chi connectivity index (χ2n) is 7.56. The predicted octanol–water partition coefficient (Wildman–Crippen LogP) is 2.71. The number of hydrogen-bond acceptors (Lipinski definition) is 3. The van der Waals surface area contributed by atoms with E-state index in [0.29, 0.717) is 38.4 Å². The van der Waals surface area contributed by atoms with E-state index in [0.717, 1.165) is 45.1 Å². The Bertz CT molecular complexity index is 424. The molecule has 24 heavy (non-hydrogen) atoms. The lowest BCUT2D eigenvalue weighted by molar-refractivity contribution is -0.141. The predicted molar refractivity (Wildman–Crippen MR) is 94.5 cm³/mol. The van der Waals surface area contributed by atoms with Gasteiger partial charge in [0.1, 0.15) is 0 Å². The highest BCUT2D eigenvalue weighted by Gasteiger charge is 2.34. The van der Waals surface area contributed by atoms with Crippen molar-refractivity contribution in [3.05, 3.63) is 0 Å². The van der Waals surface area contributed by atoms with E-state index in [-0.39, 0.29) is 18.2 Å². The fourth-order valence-corrected chi connectivity index (χ4v) is 4.27. The molecule has 2 amide bonds. The minimum atomic E-state index is -0.847. The smallest absolute Gasteiger partial charge is 0.225 e. The highest BCUT2D eigenvalue weighted by atomic mass is 16.3. The van der Waals surface area contributed by atoms with E-state index in [4.69, 9.17) is 0 Å². The number of carbonyl (C=O) groups excluding carboxylic acids is 2. The van der Waals surface area contributed by atoms with Crippen LogP contribution in [0.3, 0.4) is 0 Å². The molecule has 2 rings (SSSR count). The van der Waals surface area contributed by atoms with Gasteiger partial charge >= 0.3 is 0 Å². The molecular formula is C19H34N2O3. The van der Waals surface area contributed by atoms with Crippen molar-refractivity contribution in [3.63, 3.8) is 0 Å². The summed E-state index contributed by atoms with van der Waals surface area (Å²) in [6, 6.07) is 0.298. The fourth-order valence-electron chi connectivity index (χ4n) is 4.27. The molecule has 2 saturated heterocycles. The quantitative estimate of drug-likeness (QED) is 0.776. The topological polar surface area (TPSA) is 60.9 Å². The van der Waals surface area contributed by atoms with Gasteiger partial charge in [-0.15, -0.1) is 0 Å². The van der Waals surface area contributed by atoms with Gasteiger partial charge in [0.25, 0.3) is 0 Å². The Balaban J connectivity index is 1.84. The summed E-state index contributed by atoms with van der Waals surface area (Å²) in [7, 11) is 0. The maximum Gasteiger partial charge on any atom is 0.225 e. The molecule has 5 nitrogen and oxygen atoms in total. The van der Waals surface area contributed by atoms with Crippen LogP contribution in [0.5, 0.6) is 0 Å². The van der Waals surface area contributed by atoms with E-state index in [1.807, 2.05) is 23.6 Å². The molecule has 2 aliphatic heterocycles. The molecular weight excluding hydrogens is 304 g/mol. The first kappa shape index (κ1) is 19.2. The second kappa shape index (κ2) is 8.84. The summed E-state index contributed by atoms with van der Waals surface area (Å²) < 4.78 is 0. The van der Waals surface area contributed by atoms with Crippen LogP contribution in [0.2, 0.25) is 0 Å². The van der Waals surface area contributed by atoms with Crippen molar-refractivity contribution >= 4 is 11.8 Å². The average molecular weight is 338 g/mol. The summed E-state index contributed by atoms with van der Waals surface area (Å²) in [5.74, 6) is 0.356. The largest absolute Gasteiger partial charge is 0.389 e. The molecule has 5 heteroatoms. The van der Waals surface area contributed by atoms with Gasteiger partial charge in [0.2, 0.25) is 11.8 Å². The lowest BCUT2D eigenvalue weighted by Crippen LogP contribution is -2.51. The Labute approximate surface area is 146 Å². The van der Waals surface area contributed by atoms with Crippen LogP contribution in [-0.4, -0.2) is 58.0 Å². The molecule has 2 heterocycles. The molecule has 1 N–H and O–H groups in total. The summed E-state index contributed by atoms with van der Waals surface area (Å²) in [4.78, 5) is 28.6. The fraction of sp³-hybridized carbons (Fsp3) is 0.895. The first-order valence-electron chi connectivity index (χ1n) is 9.78. The average Bonchev–Trinajstić information content (AvgIpc) is 2.55. The van der Waals surface area contributed by atoms with Crippen molar-refractivity contribution < 1.29 is 14.7 Å². The molecule has 0 unspecified atom stereocenters. The first-order chi connectivity index (χ1) is 11.5. The van der Waals surface area contributed by atoms with E-state index < -0.39 is 5.60 Å². The maximum absolute atomic E-state index is 12.6. The summed E-state index contributed by atoms with van der Waals surface area (Å²) in [5.41, 5.74) is -0.847. The van der Waals surface area contributed by atoms with Crippen LogP contribution in [0.1, 0.15) is 78.1 Å². The van der Waals surface area contributed by atoms with Crippen LogP contribution < -0.4 is 0 Å². The molecule has 0 aliphatic carbocycles. The molecule has 0 bridgehead atoms. The Hall–Kier alpha value is -1.10. The van der Waals surface area contributed by atoms with Gasteiger partial charge in [-0.2, -0.15) is 0 Å². The number of likely N-dealkylation sites (tertiary alicyclic amines) is 2. The van der Waals surface area contributed by atoms with Crippen LogP contribution in [0.4, 0.5) is 0 Å². The van der Waals surface area contributed by atoms with Crippen LogP contribution >= 0.6 is 0 Å². The summed E-state index contributed by atoms with van der Waals surface area (Å²) in [6.07, 6.45) is 7.94. The molecule has 0 aromatic heterocycles. The molecule has 0 aromatic carbocycles. The van der Waals surface area contributed by atoms with Crippen molar-refractivity contribution in [2.45, 2.75) is 89.7 Å². The minimum absolute atomic E-state index is 0.0721. The Kier molecular flexibility index (Phi) is 7.08. The Morgan fingerprint density at radius 3 is 2.29 bits per heavy atom. The summed E-state index contributed by atoms with van der Waals surface area (Å²) in [5, 5.41) is 10.7. The van der Waals surface area contributed by atoms with Crippen molar-refractivity contribution in [1.82, 2.24) is 9.80 Å². The van der Waals surface area contributed by atoms with Gasteiger partial charge in [0.15, 0.2) is 0 Å². The first-order valence-corrected chi connectivity index (χ1v) is 9.78. The van der Waals surface area contributed by atoms with Gasteiger partial charge in [0.05, 0.1) is 12.0 Å².